The minimum absolute atomic E-state index is 0.0507. The van der Waals surface area contributed by atoms with Crippen LogP contribution in [0.15, 0.2) is 53.1 Å². The van der Waals surface area contributed by atoms with Crippen molar-refractivity contribution in [2.45, 2.75) is 25.8 Å². The summed E-state index contributed by atoms with van der Waals surface area (Å²) in [6.07, 6.45) is 1.64. The van der Waals surface area contributed by atoms with E-state index in [4.69, 9.17) is 0 Å². The number of aliphatic hydroxyl groups excluding tert-OH is 1. The molecule has 0 saturated carbocycles. The predicted molar refractivity (Wildman–Crippen MR) is 95.8 cm³/mol. The fourth-order valence-corrected chi connectivity index (χ4v) is 3.70. The van der Waals surface area contributed by atoms with Crippen LogP contribution in [0.5, 0.6) is 5.75 Å². The van der Waals surface area contributed by atoms with E-state index in [-0.39, 0.29) is 17.1 Å². The number of rotatable bonds is 6. The van der Waals surface area contributed by atoms with E-state index < -0.39 is 17.7 Å². The Labute approximate surface area is 149 Å². The molecular formula is C19H19NO4S. The number of hydrogen-bond donors (Lipinski definition) is 2. The molecular weight excluding hydrogens is 338 g/mol. The summed E-state index contributed by atoms with van der Waals surface area (Å²) in [7, 11) is 0. The lowest BCUT2D eigenvalue weighted by Gasteiger charge is -2.26. The standard InChI is InChI=1S/C19H19NO4S/c1-2-3-9-20-16(12-6-4-7-13(21)11-12)15(18(23)19(20)24)17(22)14-8-5-10-25-14/h4-8,10-11,16,21,23H,2-3,9H2,1H3. The number of ketones is 1. The number of benzene rings is 1. The highest BCUT2D eigenvalue weighted by Gasteiger charge is 2.43. The van der Waals surface area contributed by atoms with Crippen LogP contribution in [0.2, 0.25) is 0 Å². The van der Waals surface area contributed by atoms with Crippen molar-refractivity contribution in [2.75, 3.05) is 6.54 Å². The molecule has 1 aromatic heterocycles. The number of thiophene rings is 1. The van der Waals surface area contributed by atoms with Crippen molar-refractivity contribution in [3.63, 3.8) is 0 Å². The van der Waals surface area contributed by atoms with Gasteiger partial charge in [0.1, 0.15) is 5.75 Å². The van der Waals surface area contributed by atoms with E-state index in [1.807, 2.05) is 6.92 Å². The highest BCUT2D eigenvalue weighted by Crippen LogP contribution is 2.40. The first kappa shape index (κ1) is 17.2. The van der Waals surface area contributed by atoms with Crippen molar-refractivity contribution in [1.82, 2.24) is 4.90 Å². The summed E-state index contributed by atoms with van der Waals surface area (Å²) in [5.41, 5.74) is 0.683. The van der Waals surface area contributed by atoms with Gasteiger partial charge in [-0.2, -0.15) is 0 Å². The van der Waals surface area contributed by atoms with Gasteiger partial charge >= 0.3 is 0 Å². The van der Waals surface area contributed by atoms with Crippen LogP contribution < -0.4 is 0 Å². The van der Waals surface area contributed by atoms with Gasteiger partial charge in [-0.15, -0.1) is 11.3 Å². The lowest BCUT2D eigenvalue weighted by Crippen LogP contribution is -2.32. The summed E-state index contributed by atoms with van der Waals surface area (Å²) >= 11 is 1.27. The molecule has 6 heteroatoms. The average molecular weight is 357 g/mol. The Bertz CT molecular complexity index is 826. The normalized spacial score (nSPS) is 17.4. The van der Waals surface area contributed by atoms with Crippen molar-refractivity contribution >= 4 is 23.0 Å². The van der Waals surface area contributed by atoms with Crippen LogP contribution in [-0.4, -0.2) is 33.3 Å². The fourth-order valence-electron chi connectivity index (χ4n) is 3.03. The van der Waals surface area contributed by atoms with Crippen LogP contribution >= 0.6 is 11.3 Å². The number of aromatic hydroxyl groups is 1. The summed E-state index contributed by atoms with van der Waals surface area (Å²) in [5, 5.41) is 22.0. The van der Waals surface area contributed by atoms with Gasteiger partial charge in [-0.1, -0.05) is 31.5 Å². The molecule has 0 radical (unpaired) electrons. The summed E-state index contributed by atoms with van der Waals surface area (Å²) < 4.78 is 0. The lowest BCUT2D eigenvalue weighted by molar-refractivity contribution is -0.129. The number of hydrogen-bond acceptors (Lipinski definition) is 5. The number of phenolic OH excluding ortho intramolecular Hbond substituents is 1. The van der Waals surface area contributed by atoms with E-state index in [0.29, 0.717) is 17.0 Å². The Morgan fingerprint density at radius 3 is 2.68 bits per heavy atom. The Balaban J connectivity index is 2.08. The number of amides is 1. The van der Waals surface area contributed by atoms with Gasteiger partial charge < -0.3 is 15.1 Å². The van der Waals surface area contributed by atoms with Crippen LogP contribution in [0.1, 0.15) is 41.0 Å². The van der Waals surface area contributed by atoms with Gasteiger partial charge in [-0.05, 0) is 35.6 Å². The number of unbranched alkanes of at least 4 members (excludes halogenated alkanes) is 1. The smallest absolute Gasteiger partial charge is 0.290 e. The summed E-state index contributed by atoms with van der Waals surface area (Å²) in [6.45, 7) is 2.44. The molecule has 1 aliphatic rings. The first-order valence-electron chi connectivity index (χ1n) is 8.15. The number of nitrogens with zero attached hydrogens (tertiary/aromatic N) is 1. The number of aliphatic hydroxyl groups is 1. The third-order valence-corrected chi connectivity index (χ3v) is 5.10. The number of carbonyl (C=O) groups excluding carboxylic acids is 2. The van der Waals surface area contributed by atoms with E-state index in [9.17, 15) is 19.8 Å². The monoisotopic (exact) mass is 357 g/mol. The molecule has 25 heavy (non-hydrogen) atoms. The third-order valence-electron chi connectivity index (χ3n) is 4.23. The first-order valence-corrected chi connectivity index (χ1v) is 9.03. The molecule has 1 amide bonds. The van der Waals surface area contributed by atoms with Gasteiger partial charge in [0.2, 0.25) is 5.78 Å². The maximum atomic E-state index is 12.9. The number of phenols is 1. The number of Topliss-reactive ketones (excluding diaryl/α,β-unsaturated/α-hetero) is 1. The van der Waals surface area contributed by atoms with Gasteiger partial charge in [0, 0.05) is 6.54 Å². The largest absolute Gasteiger partial charge is 0.508 e. The van der Waals surface area contributed by atoms with Crippen LogP contribution in [0, 0.1) is 0 Å². The van der Waals surface area contributed by atoms with E-state index in [1.54, 1.807) is 29.6 Å². The van der Waals surface area contributed by atoms with Gasteiger partial charge in [0.05, 0.1) is 16.5 Å². The Morgan fingerprint density at radius 1 is 1.24 bits per heavy atom. The molecule has 0 aliphatic carbocycles. The van der Waals surface area contributed by atoms with Crippen molar-refractivity contribution < 1.29 is 19.8 Å². The highest BCUT2D eigenvalue weighted by molar-refractivity contribution is 7.12. The molecule has 0 fully saturated rings. The van der Waals surface area contributed by atoms with Crippen LogP contribution in [-0.2, 0) is 4.79 Å². The molecule has 2 aromatic rings. The molecule has 2 N–H and O–H groups in total. The summed E-state index contributed by atoms with van der Waals surface area (Å²) in [6, 6.07) is 9.20. The maximum absolute atomic E-state index is 12.9. The molecule has 130 valence electrons. The maximum Gasteiger partial charge on any atom is 0.290 e. The van der Waals surface area contributed by atoms with Crippen LogP contribution in [0.3, 0.4) is 0 Å². The minimum Gasteiger partial charge on any atom is -0.508 e. The Kier molecular flexibility index (Phi) is 4.90. The topological polar surface area (TPSA) is 77.8 Å². The predicted octanol–water partition coefficient (Wildman–Crippen LogP) is 3.83. The second kappa shape index (κ2) is 7.11. The molecule has 3 rings (SSSR count). The molecule has 0 bridgehead atoms. The second-order valence-corrected chi connectivity index (χ2v) is 6.87. The first-order chi connectivity index (χ1) is 12.0. The zero-order valence-electron chi connectivity index (χ0n) is 13.8. The van der Waals surface area contributed by atoms with Crippen LogP contribution in [0.4, 0.5) is 0 Å². The average Bonchev–Trinajstić information content (AvgIpc) is 3.21. The van der Waals surface area contributed by atoms with E-state index >= 15 is 0 Å². The van der Waals surface area contributed by atoms with E-state index in [2.05, 4.69) is 0 Å². The number of carbonyl (C=O) groups is 2. The van der Waals surface area contributed by atoms with E-state index in [0.717, 1.165) is 12.8 Å². The molecule has 5 nitrogen and oxygen atoms in total. The molecule has 2 heterocycles. The third kappa shape index (κ3) is 3.17. The molecule has 0 saturated heterocycles. The van der Waals surface area contributed by atoms with Gasteiger partial charge in [0.15, 0.2) is 5.76 Å². The van der Waals surface area contributed by atoms with Crippen molar-refractivity contribution in [1.29, 1.82) is 0 Å². The van der Waals surface area contributed by atoms with Gasteiger partial charge in [-0.3, -0.25) is 9.59 Å². The molecule has 1 aliphatic heterocycles. The van der Waals surface area contributed by atoms with Gasteiger partial charge in [0.25, 0.3) is 5.91 Å². The summed E-state index contributed by atoms with van der Waals surface area (Å²) in [4.78, 5) is 27.5. The zero-order chi connectivity index (χ0) is 18.0. The molecule has 0 spiro atoms. The summed E-state index contributed by atoms with van der Waals surface area (Å²) in [5.74, 6) is -1.34. The minimum atomic E-state index is -0.694. The zero-order valence-corrected chi connectivity index (χ0v) is 14.6. The molecule has 1 unspecified atom stereocenters. The van der Waals surface area contributed by atoms with Gasteiger partial charge in [-0.25, -0.2) is 0 Å². The highest BCUT2D eigenvalue weighted by atomic mass is 32.1. The Hall–Kier alpha value is -2.60. The second-order valence-electron chi connectivity index (χ2n) is 5.92. The molecule has 1 aromatic carbocycles. The van der Waals surface area contributed by atoms with Crippen molar-refractivity contribution in [3.8, 4) is 5.75 Å². The quantitative estimate of drug-likeness (QED) is 0.770. The molecule has 1 atom stereocenters. The van der Waals surface area contributed by atoms with Crippen LogP contribution in [0.25, 0.3) is 0 Å². The fraction of sp³-hybridized carbons (Fsp3) is 0.263. The Morgan fingerprint density at radius 2 is 2.04 bits per heavy atom. The van der Waals surface area contributed by atoms with E-state index in [1.165, 1.54) is 28.4 Å². The lowest BCUT2D eigenvalue weighted by atomic mass is 9.95. The van der Waals surface area contributed by atoms with Crippen molar-refractivity contribution in [3.05, 3.63) is 63.6 Å². The SMILES string of the molecule is CCCCN1C(=O)C(O)=C(C(=O)c2cccs2)C1c1cccc(O)c1. The van der Waals surface area contributed by atoms with Crippen molar-refractivity contribution in [2.24, 2.45) is 0 Å².